The van der Waals surface area contributed by atoms with Crippen molar-refractivity contribution >= 4 is 11.7 Å². The molecule has 4 nitrogen and oxygen atoms in total. The zero-order valence-electron chi connectivity index (χ0n) is 8.06. The van der Waals surface area contributed by atoms with E-state index >= 15 is 0 Å². The summed E-state index contributed by atoms with van der Waals surface area (Å²) in [4.78, 5) is 15.1. The summed E-state index contributed by atoms with van der Waals surface area (Å²) in [5.41, 5.74) is 1.17. The lowest BCUT2D eigenvalue weighted by molar-refractivity contribution is -0.117. The van der Waals surface area contributed by atoms with Crippen LogP contribution in [0.3, 0.4) is 0 Å². The van der Waals surface area contributed by atoms with Gasteiger partial charge in [0.1, 0.15) is 18.1 Å². The average molecular weight is 202 g/mol. The van der Waals surface area contributed by atoms with Crippen molar-refractivity contribution in [2.45, 2.75) is 12.5 Å². The van der Waals surface area contributed by atoms with E-state index in [4.69, 9.17) is 4.74 Å². The van der Waals surface area contributed by atoms with Crippen molar-refractivity contribution in [1.82, 2.24) is 5.32 Å². The van der Waals surface area contributed by atoms with Gasteiger partial charge in [-0.15, -0.1) is 0 Å². The number of amides is 1. The Kier molecular flexibility index (Phi) is 1.74. The number of nitrogens with one attached hydrogen (secondary N) is 1. The van der Waals surface area contributed by atoms with E-state index in [1.165, 1.54) is 5.56 Å². The van der Waals surface area contributed by atoms with Gasteiger partial charge in [0.2, 0.25) is 5.91 Å². The maximum absolute atomic E-state index is 11.0. The summed E-state index contributed by atoms with van der Waals surface area (Å²) in [6, 6.07) is 7.90. The van der Waals surface area contributed by atoms with Crippen LogP contribution in [0.1, 0.15) is 5.56 Å². The Morgan fingerprint density at radius 2 is 2.27 bits per heavy atom. The fourth-order valence-electron chi connectivity index (χ4n) is 1.90. The molecular weight excluding hydrogens is 192 g/mol. The van der Waals surface area contributed by atoms with Gasteiger partial charge in [-0.2, -0.15) is 0 Å². The third-order valence-corrected chi connectivity index (χ3v) is 2.61. The predicted octanol–water partition coefficient (Wildman–Crippen LogP) is 0.518. The number of carbonyl (C=O) groups excluding carboxylic acids is 1. The van der Waals surface area contributed by atoms with E-state index in [0.717, 1.165) is 12.2 Å². The predicted molar refractivity (Wildman–Crippen MR) is 55.0 cm³/mol. The van der Waals surface area contributed by atoms with Crippen LogP contribution in [-0.4, -0.2) is 24.4 Å². The summed E-state index contributed by atoms with van der Waals surface area (Å²) in [6.45, 7) is 0.228. The second-order valence-corrected chi connectivity index (χ2v) is 3.67. The minimum Gasteiger partial charge on any atom is -0.482 e. The number of hydrogen-bond acceptors (Lipinski definition) is 3. The van der Waals surface area contributed by atoms with Crippen LogP contribution in [0, 0.1) is 0 Å². The number of nitrogens with zero attached hydrogens (tertiary/aromatic N) is 1. The SMILES string of the molecule is O=C1CN=C(C2Cc3ccccc3O2)N1. The van der Waals surface area contributed by atoms with Crippen LogP contribution < -0.4 is 10.1 Å². The van der Waals surface area contributed by atoms with Crippen molar-refractivity contribution in [3.63, 3.8) is 0 Å². The quantitative estimate of drug-likeness (QED) is 0.721. The molecule has 0 saturated heterocycles. The van der Waals surface area contributed by atoms with Crippen LogP contribution in [0.2, 0.25) is 0 Å². The number of rotatable bonds is 1. The van der Waals surface area contributed by atoms with Gasteiger partial charge in [-0.05, 0) is 11.6 Å². The standard InChI is InChI=1S/C11H10N2O2/c14-10-6-12-11(13-10)9-5-7-3-1-2-4-8(7)15-9/h1-4,9H,5-6H2,(H,12,13,14). The molecule has 1 atom stereocenters. The Bertz CT molecular complexity index is 429. The summed E-state index contributed by atoms with van der Waals surface area (Å²) in [7, 11) is 0. The van der Waals surface area contributed by atoms with Crippen LogP contribution in [0.5, 0.6) is 5.75 Å². The summed E-state index contributed by atoms with van der Waals surface area (Å²) in [5, 5.41) is 2.72. The van der Waals surface area contributed by atoms with Crippen LogP contribution in [0.4, 0.5) is 0 Å². The fourth-order valence-corrected chi connectivity index (χ4v) is 1.90. The van der Waals surface area contributed by atoms with Crippen LogP contribution >= 0.6 is 0 Å². The van der Waals surface area contributed by atoms with Gasteiger partial charge in [0.25, 0.3) is 0 Å². The summed E-state index contributed by atoms with van der Waals surface area (Å²) in [5.74, 6) is 1.51. The molecule has 2 aliphatic heterocycles. The van der Waals surface area contributed by atoms with Crippen molar-refractivity contribution in [1.29, 1.82) is 0 Å². The largest absolute Gasteiger partial charge is 0.482 e. The molecule has 0 saturated carbocycles. The monoisotopic (exact) mass is 202 g/mol. The van der Waals surface area contributed by atoms with E-state index in [1.54, 1.807) is 0 Å². The average Bonchev–Trinajstić information content (AvgIpc) is 2.82. The third kappa shape index (κ3) is 1.38. The normalized spacial score (nSPS) is 23.1. The lowest BCUT2D eigenvalue weighted by Crippen LogP contribution is -2.36. The zero-order valence-corrected chi connectivity index (χ0v) is 8.06. The molecule has 1 unspecified atom stereocenters. The molecule has 0 fully saturated rings. The highest BCUT2D eigenvalue weighted by atomic mass is 16.5. The van der Waals surface area contributed by atoms with Crippen molar-refractivity contribution in [3.8, 4) is 5.75 Å². The maximum Gasteiger partial charge on any atom is 0.247 e. The summed E-state index contributed by atoms with van der Waals surface area (Å²) < 4.78 is 5.69. The highest BCUT2D eigenvalue weighted by molar-refractivity contribution is 6.06. The number of amidine groups is 1. The minimum atomic E-state index is -0.117. The van der Waals surface area contributed by atoms with E-state index < -0.39 is 0 Å². The lowest BCUT2D eigenvalue weighted by Gasteiger charge is -2.09. The summed E-state index contributed by atoms with van der Waals surface area (Å²) in [6.07, 6.45) is 0.670. The first-order chi connectivity index (χ1) is 7.33. The Labute approximate surface area is 87.0 Å². The molecular formula is C11H10N2O2. The Hall–Kier alpha value is -1.84. The van der Waals surface area contributed by atoms with Crippen molar-refractivity contribution < 1.29 is 9.53 Å². The number of hydrogen-bond donors (Lipinski definition) is 1. The van der Waals surface area contributed by atoms with Gasteiger partial charge < -0.3 is 10.1 Å². The second-order valence-electron chi connectivity index (χ2n) is 3.67. The van der Waals surface area contributed by atoms with Crippen molar-refractivity contribution in [3.05, 3.63) is 29.8 Å². The smallest absolute Gasteiger partial charge is 0.247 e. The molecule has 0 aliphatic carbocycles. The van der Waals surface area contributed by atoms with E-state index in [-0.39, 0.29) is 18.6 Å². The number of carbonyl (C=O) groups is 1. The van der Waals surface area contributed by atoms with Crippen molar-refractivity contribution in [2.24, 2.45) is 4.99 Å². The molecule has 0 aromatic heterocycles. The Morgan fingerprint density at radius 1 is 1.40 bits per heavy atom. The van der Waals surface area contributed by atoms with Gasteiger partial charge in [-0.3, -0.25) is 9.79 Å². The molecule has 1 aromatic carbocycles. The van der Waals surface area contributed by atoms with Crippen LogP contribution in [0.25, 0.3) is 0 Å². The first kappa shape index (κ1) is 8.47. The molecule has 76 valence electrons. The van der Waals surface area contributed by atoms with Gasteiger partial charge in [0, 0.05) is 6.42 Å². The molecule has 0 bridgehead atoms. The first-order valence-electron chi connectivity index (χ1n) is 4.92. The molecule has 4 heteroatoms. The number of aliphatic imine (C=N–C) groups is 1. The van der Waals surface area contributed by atoms with Gasteiger partial charge in [0.15, 0.2) is 6.10 Å². The topological polar surface area (TPSA) is 50.7 Å². The number of benzene rings is 1. The van der Waals surface area contributed by atoms with Crippen LogP contribution in [0.15, 0.2) is 29.3 Å². The lowest BCUT2D eigenvalue weighted by atomic mass is 10.1. The van der Waals surface area contributed by atoms with Gasteiger partial charge in [0.05, 0.1) is 0 Å². The number of fused-ring (bicyclic) bond motifs is 1. The molecule has 1 amide bonds. The second kappa shape index (κ2) is 3.08. The molecule has 3 rings (SSSR count). The van der Waals surface area contributed by atoms with Crippen LogP contribution in [-0.2, 0) is 11.2 Å². The molecule has 0 spiro atoms. The number of ether oxygens (including phenoxy) is 1. The van der Waals surface area contributed by atoms with E-state index in [1.807, 2.05) is 24.3 Å². The first-order valence-corrected chi connectivity index (χ1v) is 4.92. The maximum atomic E-state index is 11.0. The van der Waals surface area contributed by atoms with E-state index in [2.05, 4.69) is 10.3 Å². The Morgan fingerprint density at radius 3 is 3.00 bits per heavy atom. The molecule has 0 radical (unpaired) electrons. The van der Waals surface area contributed by atoms with E-state index in [0.29, 0.717) is 5.84 Å². The molecule has 2 heterocycles. The highest BCUT2D eigenvalue weighted by Gasteiger charge is 2.30. The zero-order chi connectivity index (χ0) is 10.3. The summed E-state index contributed by atoms with van der Waals surface area (Å²) >= 11 is 0. The molecule has 1 N–H and O–H groups in total. The number of para-hydroxylation sites is 1. The molecule has 2 aliphatic rings. The molecule has 15 heavy (non-hydrogen) atoms. The Balaban J connectivity index is 1.82. The van der Waals surface area contributed by atoms with Gasteiger partial charge >= 0.3 is 0 Å². The molecule has 1 aromatic rings. The van der Waals surface area contributed by atoms with E-state index in [9.17, 15) is 4.79 Å². The van der Waals surface area contributed by atoms with Gasteiger partial charge in [-0.25, -0.2) is 0 Å². The minimum absolute atomic E-state index is 0.0513. The third-order valence-electron chi connectivity index (χ3n) is 2.61. The highest BCUT2D eigenvalue weighted by Crippen LogP contribution is 2.28. The van der Waals surface area contributed by atoms with Crippen molar-refractivity contribution in [2.75, 3.05) is 6.54 Å². The fraction of sp³-hybridized carbons (Fsp3) is 0.273. The van der Waals surface area contributed by atoms with Gasteiger partial charge in [-0.1, -0.05) is 18.2 Å².